The molecule has 4 rings (SSSR count). The summed E-state index contributed by atoms with van der Waals surface area (Å²) in [6, 6.07) is 6.61. The number of likely N-dealkylation sites (N-methyl/N-ethyl adjacent to an activating group) is 1. The number of benzene rings is 1. The van der Waals surface area contributed by atoms with Crippen LogP contribution in [-0.2, 0) is 14.4 Å². The van der Waals surface area contributed by atoms with E-state index >= 15 is 0 Å². The summed E-state index contributed by atoms with van der Waals surface area (Å²) >= 11 is 0. The van der Waals surface area contributed by atoms with Gasteiger partial charge in [0.05, 0.1) is 18.5 Å². The Balaban J connectivity index is 1.57. The predicted octanol–water partition coefficient (Wildman–Crippen LogP) is 1.09. The maximum absolute atomic E-state index is 13.7. The molecule has 0 spiro atoms. The van der Waals surface area contributed by atoms with Crippen molar-refractivity contribution >= 4 is 29.6 Å². The molecule has 1 aromatic carbocycles. The zero-order valence-electron chi connectivity index (χ0n) is 23.9. The van der Waals surface area contributed by atoms with Gasteiger partial charge in [0, 0.05) is 45.1 Å². The maximum atomic E-state index is 13.7. The summed E-state index contributed by atoms with van der Waals surface area (Å²) in [5.41, 5.74) is 0.251. The van der Waals surface area contributed by atoms with Crippen LogP contribution in [0.3, 0.4) is 0 Å². The van der Waals surface area contributed by atoms with Gasteiger partial charge in [-0.15, -0.1) is 0 Å². The topological polar surface area (TPSA) is 137 Å². The van der Waals surface area contributed by atoms with Gasteiger partial charge in [0.25, 0.3) is 5.91 Å². The first-order chi connectivity index (χ1) is 19.8. The first-order valence-electron chi connectivity index (χ1n) is 14.2. The van der Waals surface area contributed by atoms with Crippen molar-refractivity contribution in [1.29, 1.82) is 0 Å². The molecular formula is C29H39N7O5. The molecule has 0 saturated carbocycles. The molecule has 12 nitrogen and oxygen atoms in total. The highest BCUT2D eigenvalue weighted by Gasteiger charge is 2.34. The highest BCUT2D eigenvalue weighted by molar-refractivity contribution is 6.01. The number of fused-ring (bicyclic) bond motifs is 1. The summed E-state index contributed by atoms with van der Waals surface area (Å²) in [7, 11) is 0. The monoisotopic (exact) mass is 565 g/mol. The van der Waals surface area contributed by atoms with Crippen LogP contribution in [0.4, 0.5) is 5.95 Å². The molecule has 1 aromatic heterocycles. The lowest BCUT2D eigenvalue weighted by molar-refractivity contribution is -0.138. The molecule has 2 N–H and O–H groups in total. The number of ether oxygens (including phenoxy) is 1. The number of nitrogens with one attached hydrogen (secondary N) is 2. The second-order valence-corrected chi connectivity index (χ2v) is 10.6. The fraction of sp³-hybridized carbons (Fsp3) is 0.517. The smallest absolute Gasteiger partial charge is 0.255 e. The van der Waals surface area contributed by atoms with Crippen molar-refractivity contribution in [2.75, 3.05) is 50.8 Å². The Kier molecular flexibility index (Phi) is 10.1. The molecule has 1 fully saturated rings. The van der Waals surface area contributed by atoms with E-state index in [1.807, 2.05) is 25.7 Å². The first kappa shape index (κ1) is 29.8. The number of piperazine rings is 1. The van der Waals surface area contributed by atoms with Crippen LogP contribution in [0.1, 0.15) is 44.0 Å². The van der Waals surface area contributed by atoms with Gasteiger partial charge in [0.1, 0.15) is 24.4 Å². The lowest BCUT2D eigenvalue weighted by Crippen LogP contribution is -2.57. The standard InChI is InChI=1S/C29H39N7O5/c1-4-34-16-17-41-24-9-6-5-8-21(24)26(38)33-23(19-25(37)32-22(27(34)39)18-20(2)3)28(40)35-12-14-36(15-13-35)29-30-10-7-11-31-29/h5-11,20,22-23H,4,12-19H2,1-3H3,(H,32,37)(H,33,38)/t22-,23+/m1/s1. The Morgan fingerprint density at radius 1 is 1.00 bits per heavy atom. The molecule has 2 aliphatic rings. The largest absolute Gasteiger partial charge is 0.491 e. The predicted molar refractivity (Wildman–Crippen MR) is 152 cm³/mol. The number of aromatic nitrogens is 2. The summed E-state index contributed by atoms with van der Waals surface area (Å²) in [5, 5.41) is 5.63. The lowest BCUT2D eigenvalue weighted by Gasteiger charge is -2.36. The molecule has 0 bridgehead atoms. The van der Waals surface area contributed by atoms with Crippen LogP contribution < -0.4 is 20.3 Å². The molecular weight excluding hydrogens is 526 g/mol. The number of hydrogen-bond donors (Lipinski definition) is 2. The molecule has 220 valence electrons. The van der Waals surface area contributed by atoms with E-state index in [0.29, 0.717) is 57.4 Å². The second kappa shape index (κ2) is 13.9. The Morgan fingerprint density at radius 3 is 2.39 bits per heavy atom. The third-order valence-corrected chi connectivity index (χ3v) is 7.20. The number of carbonyl (C=O) groups excluding carboxylic acids is 4. The third kappa shape index (κ3) is 7.71. The molecule has 0 radical (unpaired) electrons. The van der Waals surface area contributed by atoms with Crippen molar-refractivity contribution < 1.29 is 23.9 Å². The van der Waals surface area contributed by atoms with Crippen molar-refractivity contribution in [2.24, 2.45) is 5.92 Å². The molecule has 0 unspecified atom stereocenters. The molecule has 12 heteroatoms. The van der Waals surface area contributed by atoms with E-state index in [1.165, 1.54) is 0 Å². The number of anilines is 1. The fourth-order valence-electron chi connectivity index (χ4n) is 5.06. The third-order valence-electron chi connectivity index (χ3n) is 7.20. The van der Waals surface area contributed by atoms with Crippen LogP contribution >= 0.6 is 0 Å². The average Bonchev–Trinajstić information content (AvgIpc) is 2.98. The summed E-state index contributed by atoms with van der Waals surface area (Å²) in [4.78, 5) is 67.7. The second-order valence-electron chi connectivity index (χ2n) is 10.6. The number of rotatable bonds is 5. The first-order valence-corrected chi connectivity index (χ1v) is 14.2. The van der Waals surface area contributed by atoms with Crippen LogP contribution in [0.15, 0.2) is 42.7 Å². The normalized spacial score (nSPS) is 21.0. The van der Waals surface area contributed by atoms with E-state index in [9.17, 15) is 19.2 Å². The van der Waals surface area contributed by atoms with Crippen LogP contribution in [0.25, 0.3) is 0 Å². The molecule has 2 aliphatic heterocycles. The van der Waals surface area contributed by atoms with Gasteiger partial charge in [-0.3, -0.25) is 19.2 Å². The van der Waals surface area contributed by atoms with E-state index in [1.54, 1.807) is 52.5 Å². The van der Waals surface area contributed by atoms with E-state index < -0.39 is 23.9 Å². The molecule has 1 saturated heterocycles. The van der Waals surface area contributed by atoms with Crippen molar-refractivity contribution in [3.63, 3.8) is 0 Å². The molecule has 3 heterocycles. The number of amides is 4. The number of nitrogens with zero attached hydrogens (tertiary/aromatic N) is 5. The molecule has 2 aromatic rings. The van der Waals surface area contributed by atoms with Gasteiger partial charge in [0.15, 0.2) is 0 Å². The van der Waals surface area contributed by atoms with Gasteiger partial charge in [-0.05, 0) is 37.5 Å². The average molecular weight is 566 g/mol. The Morgan fingerprint density at radius 2 is 1.71 bits per heavy atom. The van der Waals surface area contributed by atoms with Gasteiger partial charge in [0.2, 0.25) is 23.7 Å². The summed E-state index contributed by atoms with van der Waals surface area (Å²) in [6.45, 7) is 8.52. The zero-order chi connectivity index (χ0) is 29.4. The van der Waals surface area contributed by atoms with E-state index in [-0.39, 0.29) is 36.3 Å². The number of para-hydroxylation sites is 1. The highest BCUT2D eigenvalue weighted by Crippen LogP contribution is 2.20. The minimum atomic E-state index is -1.13. The summed E-state index contributed by atoms with van der Waals surface area (Å²) in [5.74, 6) is -0.477. The SMILES string of the molecule is CCN1CCOc2ccccc2C(=O)N[C@H](C(=O)N2CCN(c3ncccn3)CC2)CC(=O)N[C@H](CC(C)C)C1=O. The minimum Gasteiger partial charge on any atom is -0.491 e. The molecule has 41 heavy (non-hydrogen) atoms. The van der Waals surface area contributed by atoms with E-state index in [4.69, 9.17) is 4.74 Å². The minimum absolute atomic E-state index is 0.145. The molecule has 0 aliphatic carbocycles. The van der Waals surface area contributed by atoms with Crippen molar-refractivity contribution in [3.8, 4) is 5.75 Å². The van der Waals surface area contributed by atoms with Gasteiger partial charge in [-0.25, -0.2) is 9.97 Å². The lowest BCUT2D eigenvalue weighted by atomic mass is 10.0. The van der Waals surface area contributed by atoms with Crippen molar-refractivity contribution in [3.05, 3.63) is 48.3 Å². The zero-order valence-corrected chi connectivity index (χ0v) is 23.9. The fourth-order valence-corrected chi connectivity index (χ4v) is 5.06. The number of hydrogen-bond acceptors (Lipinski definition) is 8. The maximum Gasteiger partial charge on any atom is 0.255 e. The quantitative estimate of drug-likeness (QED) is 0.550. The Hall–Kier alpha value is -4.22. The molecule has 2 atom stereocenters. The highest BCUT2D eigenvalue weighted by atomic mass is 16.5. The summed E-state index contributed by atoms with van der Waals surface area (Å²) < 4.78 is 5.93. The Bertz CT molecular complexity index is 1220. The van der Waals surface area contributed by atoms with Crippen LogP contribution in [0.5, 0.6) is 5.75 Å². The van der Waals surface area contributed by atoms with Crippen LogP contribution in [-0.4, -0.2) is 101 Å². The van der Waals surface area contributed by atoms with Crippen LogP contribution in [0, 0.1) is 5.92 Å². The number of carbonyl (C=O) groups is 4. The van der Waals surface area contributed by atoms with Gasteiger partial charge in [-0.1, -0.05) is 26.0 Å². The van der Waals surface area contributed by atoms with Gasteiger partial charge in [-0.2, -0.15) is 0 Å². The van der Waals surface area contributed by atoms with Crippen LogP contribution in [0.2, 0.25) is 0 Å². The van der Waals surface area contributed by atoms with E-state index in [2.05, 4.69) is 20.6 Å². The van der Waals surface area contributed by atoms with Crippen molar-refractivity contribution in [1.82, 2.24) is 30.4 Å². The molecule has 4 amide bonds. The van der Waals surface area contributed by atoms with Crippen molar-refractivity contribution in [2.45, 2.75) is 45.7 Å². The summed E-state index contributed by atoms with van der Waals surface area (Å²) in [6.07, 6.45) is 3.48. The van der Waals surface area contributed by atoms with Gasteiger partial charge < -0.3 is 30.1 Å². The van der Waals surface area contributed by atoms with E-state index in [0.717, 1.165) is 0 Å². The Labute approximate surface area is 240 Å². The van der Waals surface area contributed by atoms with Gasteiger partial charge >= 0.3 is 0 Å².